The second-order valence-electron chi connectivity index (χ2n) is 2.25. The smallest absolute Gasteiger partial charge is 0.340 e. The van der Waals surface area contributed by atoms with Gasteiger partial charge in [-0.1, -0.05) is 0 Å². The molecule has 0 amide bonds. The number of phenols is 1. The molecule has 1 N–H and O–H groups in total. The highest BCUT2D eigenvalue weighted by atomic mass is 19.2. The van der Waals surface area contributed by atoms with Crippen molar-refractivity contribution < 1.29 is 23.4 Å². The van der Waals surface area contributed by atoms with Crippen molar-refractivity contribution in [2.45, 2.75) is 0 Å². The van der Waals surface area contributed by atoms with Gasteiger partial charge in [-0.3, -0.25) is 0 Å². The molecule has 5 heteroatoms. The van der Waals surface area contributed by atoms with E-state index in [9.17, 15) is 13.6 Å². The Morgan fingerprint density at radius 1 is 1.38 bits per heavy atom. The Morgan fingerprint density at radius 2 is 2.00 bits per heavy atom. The predicted octanol–water partition coefficient (Wildman–Crippen LogP) is 1.46. The van der Waals surface area contributed by atoms with Gasteiger partial charge in [0.25, 0.3) is 0 Å². The first kappa shape index (κ1) is 9.44. The van der Waals surface area contributed by atoms with Crippen LogP contribution in [-0.2, 0) is 4.74 Å². The lowest BCUT2D eigenvalue weighted by Crippen LogP contribution is -2.05. The van der Waals surface area contributed by atoms with Gasteiger partial charge in [0.15, 0.2) is 11.6 Å². The van der Waals surface area contributed by atoms with Crippen molar-refractivity contribution in [1.29, 1.82) is 0 Å². The number of carbonyl (C=O) groups excluding carboxylic acids is 1. The van der Waals surface area contributed by atoms with Crippen LogP contribution in [0.1, 0.15) is 10.4 Å². The van der Waals surface area contributed by atoms with E-state index >= 15 is 0 Å². The van der Waals surface area contributed by atoms with Crippen LogP contribution in [-0.4, -0.2) is 18.2 Å². The number of carbonyl (C=O) groups is 1. The van der Waals surface area contributed by atoms with Crippen LogP contribution in [0, 0.1) is 11.6 Å². The third kappa shape index (κ3) is 1.58. The molecule has 0 atom stereocenters. The van der Waals surface area contributed by atoms with Gasteiger partial charge in [0.1, 0.15) is 0 Å². The Balaban J connectivity index is 3.26. The van der Waals surface area contributed by atoms with Crippen molar-refractivity contribution in [2.75, 3.05) is 7.11 Å². The predicted molar refractivity (Wildman–Crippen MR) is 39.4 cm³/mol. The summed E-state index contributed by atoms with van der Waals surface area (Å²) in [5.41, 5.74) is -0.544. The fourth-order valence-electron chi connectivity index (χ4n) is 0.807. The summed E-state index contributed by atoms with van der Waals surface area (Å²) in [7, 11) is 1.05. The van der Waals surface area contributed by atoms with Crippen LogP contribution in [0.25, 0.3) is 0 Å². The van der Waals surface area contributed by atoms with E-state index in [-0.39, 0.29) is 0 Å². The molecule has 3 nitrogen and oxygen atoms in total. The van der Waals surface area contributed by atoms with E-state index in [1.807, 2.05) is 0 Å². The zero-order chi connectivity index (χ0) is 10.0. The summed E-state index contributed by atoms with van der Waals surface area (Å²) in [4.78, 5) is 10.8. The third-order valence-electron chi connectivity index (χ3n) is 1.47. The van der Waals surface area contributed by atoms with Crippen molar-refractivity contribution in [2.24, 2.45) is 0 Å². The lowest BCUT2D eigenvalue weighted by Gasteiger charge is -2.02. The molecule has 0 heterocycles. The number of ether oxygens (including phenoxy) is 1. The summed E-state index contributed by atoms with van der Waals surface area (Å²) in [5.74, 6) is -4.70. The molecule has 1 aromatic carbocycles. The fraction of sp³-hybridized carbons (Fsp3) is 0.125. The number of phenolic OH excluding ortho intramolecular Hbond substituents is 1. The number of aromatic hydroxyl groups is 1. The average Bonchev–Trinajstić information content (AvgIpc) is 2.13. The van der Waals surface area contributed by atoms with E-state index in [4.69, 9.17) is 5.11 Å². The van der Waals surface area contributed by atoms with Crippen LogP contribution >= 0.6 is 0 Å². The maximum Gasteiger partial charge on any atom is 0.340 e. The van der Waals surface area contributed by atoms with Gasteiger partial charge in [-0.25, -0.2) is 9.18 Å². The summed E-state index contributed by atoms with van der Waals surface area (Å²) in [6, 6.07) is 1.82. The summed E-state index contributed by atoms with van der Waals surface area (Å²) in [5, 5.41) is 8.71. The second kappa shape index (κ2) is 3.38. The number of halogens is 2. The maximum absolute atomic E-state index is 12.9. The lowest BCUT2D eigenvalue weighted by atomic mass is 10.2. The molecule has 0 aliphatic carbocycles. The van der Waals surface area contributed by atoms with Crippen molar-refractivity contribution >= 4 is 5.97 Å². The van der Waals surface area contributed by atoms with Crippen LogP contribution in [0.4, 0.5) is 8.78 Å². The second-order valence-corrected chi connectivity index (χ2v) is 2.25. The standard InChI is InChI=1S/C8H6F2O3/c1-13-8(12)4-2-3-5(11)7(10)6(4)9/h2-3,11H,1H3. The molecule has 70 valence electrons. The normalized spacial score (nSPS) is 9.77. The highest BCUT2D eigenvalue weighted by molar-refractivity contribution is 5.89. The highest BCUT2D eigenvalue weighted by Gasteiger charge is 2.18. The zero-order valence-electron chi connectivity index (χ0n) is 6.67. The molecule has 0 aliphatic rings. The summed E-state index contributed by atoms with van der Waals surface area (Å²) < 4.78 is 29.7. The largest absolute Gasteiger partial charge is 0.505 e. The minimum atomic E-state index is -1.46. The quantitative estimate of drug-likeness (QED) is 0.678. The van der Waals surface area contributed by atoms with Crippen molar-refractivity contribution in [1.82, 2.24) is 0 Å². The number of rotatable bonds is 1. The molecular formula is C8H6F2O3. The maximum atomic E-state index is 12.9. The molecule has 0 radical (unpaired) electrons. The van der Waals surface area contributed by atoms with E-state index in [0.29, 0.717) is 0 Å². The molecule has 0 bridgehead atoms. The first-order valence-electron chi connectivity index (χ1n) is 3.33. The highest BCUT2D eigenvalue weighted by Crippen LogP contribution is 2.21. The number of hydrogen-bond acceptors (Lipinski definition) is 3. The topological polar surface area (TPSA) is 46.5 Å². The van der Waals surface area contributed by atoms with E-state index < -0.39 is 28.9 Å². The van der Waals surface area contributed by atoms with E-state index in [1.54, 1.807) is 0 Å². The molecule has 1 rings (SSSR count). The Morgan fingerprint density at radius 3 is 2.54 bits per heavy atom. The van der Waals surface area contributed by atoms with Gasteiger partial charge in [0.2, 0.25) is 5.82 Å². The van der Waals surface area contributed by atoms with Crippen molar-refractivity contribution in [3.05, 3.63) is 29.3 Å². The Hall–Kier alpha value is -1.65. The van der Waals surface area contributed by atoms with Crippen LogP contribution in [0.3, 0.4) is 0 Å². The van der Waals surface area contributed by atoms with Crippen LogP contribution in [0.5, 0.6) is 5.75 Å². The van der Waals surface area contributed by atoms with Gasteiger partial charge in [0, 0.05) is 0 Å². The average molecular weight is 188 g/mol. The first-order chi connectivity index (χ1) is 6.07. The third-order valence-corrected chi connectivity index (χ3v) is 1.47. The number of methoxy groups -OCH3 is 1. The number of benzene rings is 1. The minimum absolute atomic E-state index is 0.544. The van der Waals surface area contributed by atoms with E-state index in [1.165, 1.54) is 0 Å². The monoisotopic (exact) mass is 188 g/mol. The molecule has 0 saturated heterocycles. The Kier molecular flexibility index (Phi) is 2.46. The molecule has 0 spiro atoms. The van der Waals surface area contributed by atoms with E-state index in [2.05, 4.69) is 4.74 Å². The molecule has 13 heavy (non-hydrogen) atoms. The summed E-state index contributed by atoms with van der Waals surface area (Å²) in [6.07, 6.45) is 0. The summed E-state index contributed by atoms with van der Waals surface area (Å²) >= 11 is 0. The molecule has 0 aromatic heterocycles. The fourth-order valence-corrected chi connectivity index (χ4v) is 0.807. The molecule has 0 saturated carbocycles. The van der Waals surface area contributed by atoms with Gasteiger partial charge < -0.3 is 9.84 Å². The minimum Gasteiger partial charge on any atom is -0.505 e. The van der Waals surface area contributed by atoms with Gasteiger partial charge >= 0.3 is 5.97 Å². The molecule has 0 aliphatic heterocycles. The van der Waals surface area contributed by atoms with Crippen LogP contribution < -0.4 is 0 Å². The van der Waals surface area contributed by atoms with Crippen LogP contribution in [0.2, 0.25) is 0 Å². The Labute approximate surface area is 72.6 Å². The first-order valence-corrected chi connectivity index (χ1v) is 3.33. The van der Waals surface area contributed by atoms with Gasteiger partial charge in [-0.15, -0.1) is 0 Å². The number of hydrogen-bond donors (Lipinski definition) is 1. The zero-order valence-corrected chi connectivity index (χ0v) is 6.67. The Bertz CT molecular complexity index is 349. The van der Waals surface area contributed by atoms with Crippen molar-refractivity contribution in [3.8, 4) is 5.75 Å². The lowest BCUT2D eigenvalue weighted by molar-refractivity contribution is 0.0594. The van der Waals surface area contributed by atoms with Gasteiger partial charge in [-0.05, 0) is 12.1 Å². The van der Waals surface area contributed by atoms with Crippen molar-refractivity contribution in [3.63, 3.8) is 0 Å². The molecule has 1 aromatic rings. The van der Waals surface area contributed by atoms with Crippen LogP contribution in [0.15, 0.2) is 12.1 Å². The summed E-state index contributed by atoms with van der Waals surface area (Å²) in [6.45, 7) is 0. The molecule has 0 unspecified atom stereocenters. The van der Waals surface area contributed by atoms with Gasteiger partial charge in [0.05, 0.1) is 12.7 Å². The van der Waals surface area contributed by atoms with Gasteiger partial charge in [-0.2, -0.15) is 4.39 Å². The molecule has 0 fully saturated rings. The SMILES string of the molecule is COC(=O)c1ccc(O)c(F)c1F. The number of esters is 1. The molecular weight excluding hydrogens is 182 g/mol. The van der Waals surface area contributed by atoms with E-state index in [0.717, 1.165) is 19.2 Å².